The van der Waals surface area contributed by atoms with Crippen LogP contribution in [-0.2, 0) is 11.3 Å². The summed E-state index contributed by atoms with van der Waals surface area (Å²) in [7, 11) is 0. The van der Waals surface area contributed by atoms with Crippen molar-refractivity contribution in [2.75, 3.05) is 5.32 Å². The van der Waals surface area contributed by atoms with Crippen molar-refractivity contribution in [3.05, 3.63) is 71.2 Å². The SMILES string of the molecule is O=C(O)C1CC=C(c2ccc3nncc(NCc4cccc(C(F)F)c4F)c3c2)CC1. The first kappa shape index (κ1) is 20.8. The zero-order valence-electron chi connectivity index (χ0n) is 16.5. The molecule has 1 aliphatic carbocycles. The summed E-state index contributed by atoms with van der Waals surface area (Å²) in [5.74, 6) is -2.05. The highest BCUT2D eigenvalue weighted by atomic mass is 19.3. The lowest BCUT2D eigenvalue weighted by molar-refractivity contribution is -0.141. The van der Waals surface area contributed by atoms with Gasteiger partial charge in [0.15, 0.2) is 0 Å². The molecule has 0 radical (unpaired) electrons. The van der Waals surface area contributed by atoms with Crippen molar-refractivity contribution in [2.45, 2.75) is 32.2 Å². The lowest BCUT2D eigenvalue weighted by Gasteiger charge is -2.19. The van der Waals surface area contributed by atoms with Crippen LogP contribution >= 0.6 is 0 Å². The molecule has 0 spiro atoms. The Morgan fingerprint density at radius 2 is 2.10 bits per heavy atom. The third-order valence-electron chi connectivity index (χ3n) is 5.58. The molecule has 5 nitrogen and oxygen atoms in total. The van der Waals surface area contributed by atoms with Crippen LogP contribution in [0.2, 0.25) is 0 Å². The number of rotatable bonds is 6. The molecule has 1 aliphatic rings. The van der Waals surface area contributed by atoms with Gasteiger partial charge >= 0.3 is 5.97 Å². The van der Waals surface area contributed by atoms with Gasteiger partial charge in [-0.3, -0.25) is 4.79 Å². The second kappa shape index (κ2) is 8.75. The maximum Gasteiger partial charge on any atom is 0.306 e. The number of halogens is 3. The van der Waals surface area contributed by atoms with E-state index in [1.807, 2.05) is 24.3 Å². The number of alkyl halides is 2. The fourth-order valence-electron chi connectivity index (χ4n) is 3.81. The number of hydrogen-bond donors (Lipinski definition) is 2. The standard InChI is InChI=1S/C23H20F3N3O2/c24-21-16(2-1-3-17(21)22(25)26)11-27-20-12-28-29-19-9-8-15(10-18(19)20)13-4-6-14(7-5-13)23(30)31/h1-4,8-10,12,14,22H,5-7,11H2,(H,27,29)(H,30,31). The Labute approximate surface area is 176 Å². The summed E-state index contributed by atoms with van der Waals surface area (Å²) in [5, 5.41) is 21.1. The molecule has 1 unspecified atom stereocenters. The fourth-order valence-corrected chi connectivity index (χ4v) is 3.81. The Bertz CT molecular complexity index is 1160. The van der Waals surface area contributed by atoms with E-state index in [-0.39, 0.29) is 18.0 Å². The van der Waals surface area contributed by atoms with Crippen molar-refractivity contribution in [3.63, 3.8) is 0 Å². The molecular formula is C23H20F3N3O2. The molecule has 3 aromatic rings. The minimum atomic E-state index is -2.88. The van der Waals surface area contributed by atoms with Crippen LogP contribution in [0.1, 0.15) is 42.4 Å². The smallest absolute Gasteiger partial charge is 0.306 e. The van der Waals surface area contributed by atoms with Crippen molar-refractivity contribution in [3.8, 4) is 0 Å². The first-order chi connectivity index (χ1) is 14.9. The first-order valence-electron chi connectivity index (χ1n) is 9.91. The Morgan fingerprint density at radius 3 is 2.81 bits per heavy atom. The monoisotopic (exact) mass is 427 g/mol. The number of fused-ring (bicyclic) bond motifs is 1. The van der Waals surface area contributed by atoms with E-state index in [2.05, 4.69) is 15.5 Å². The van der Waals surface area contributed by atoms with Crippen molar-refractivity contribution in [1.82, 2.24) is 10.2 Å². The Hall–Kier alpha value is -3.42. The highest BCUT2D eigenvalue weighted by molar-refractivity contribution is 5.93. The highest BCUT2D eigenvalue weighted by Gasteiger charge is 2.21. The van der Waals surface area contributed by atoms with Crippen LogP contribution < -0.4 is 5.32 Å². The number of carbonyl (C=O) groups is 1. The zero-order valence-corrected chi connectivity index (χ0v) is 16.5. The largest absolute Gasteiger partial charge is 0.481 e. The number of hydrogen-bond acceptors (Lipinski definition) is 4. The van der Waals surface area contributed by atoms with Crippen LogP contribution in [0.5, 0.6) is 0 Å². The molecule has 0 amide bonds. The van der Waals surface area contributed by atoms with Gasteiger partial charge in [-0.05, 0) is 42.5 Å². The van der Waals surface area contributed by atoms with Gasteiger partial charge in [-0.25, -0.2) is 13.2 Å². The van der Waals surface area contributed by atoms with E-state index in [0.29, 0.717) is 30.5 Å². The maximum atomic E-state index is 14.3. The van der Waals surface area contributed by atoms with Gasteiger partial charge in [0.1, 0.15) is 5.82 Å². The minimum absolute atomic E-state index is 0.0143. The lowest BCUT2D eigenvalue weighted by atomic mass is 9.86. The van der Waals surface area contributed by atoms with Gasteiger partial charge < -0.3 is 10.4 Å². The Balaban J connectivity index is 1.60. The molecule has 0 bridgehead atoms. The molecule has 1 atom stereocenters. The van der Waals surface area contributed by atoms with Crippen LogP contribution in [-0.4, -0.2) is 21.3 Å². The molecule has 2 aromatic carbocycles. The van der Waals surface area contributed by atoms with Crippen LogP contribution in [0.3, 0.4) is 0 Å². The number of aliphatic carboxylic acids is 1. The van der Waals surface area contributed by atoms with Crippen LogP contribution in [0.25, 0.3) is 16.5 Å². The van der Waals surface area contributed by atoms with Gasteiger partial charge in [-0.2, -0.15) is 10.2 Å². The number of carboxylic acid groups (broad SMARTS) is 1. The predicted octanol–water partition coefficient (Wildman–Crippen LogP) is 5.59. The fraction of sp³-hybridized carbons (Fsp3) is 0.261. The van der Waals surface area contributed by atoms with Crippen LogP contribution in [0.15, 0.2) is 48.7 Å². The number of aromatic nitrogens is 2. The normalized spacial score (nSPS) is 16.4. The van der Waals surface area contributed by atoms with Gasteiger partial charge in [-0.1, -0.05) is 30.3 Å². The van der Waals surface area contributed by atoms with E-state index < -0.39 is 23.8 Å². The molecule has 160 valence electrons. The molecule has 0 fully saturated rings. The molecule has 1 aromatic heterocycles. The molecular weight excluding hydrogens is 407 g/mol. The number of benzene rings is 2. The molecule has 4 rings (SSSR count). The average Bonchev–Trinajstić information content (AvgIpc) is 2.78. The first-order valence-corrected chi connectivity index (χ1v) is 9.91. The van der Waals surface area contributed by atoms with E-state index in [1.54, 1.807) is 0 Å². The summed E-state index contributed by atoms with van der Waals surface area (Å²) in [6.07, 6.45) is 2.32. The summed E-state index contributed by atoms with van der Waals surface area (Å²) in [5.41, 5.74) is 2.77. The molecule has 1 heterocycles. The lowest BCUT2D eigenvalue weighted by Crippen LogP contribution is -2.15. The molecule has 0 saturated carbocycles. The Kier molecular flexibility index (Phi) is 5.88. The summed E-state index contributed by atoms with van der Waals surface area (Å²) in [4.78, 5) is 11.2. The van der Waals surface area contributed by atoms with E-state index in [4.69, 9.17) is 0 Å². The van der Waals surface area contributed by atoms with E-state index in [1.165, 1.54) is 18.3 Å². The molecule has 0 saturated heterocycles. The van der Waals surface area contributed by atoms with E-state index >= 15 is 0 Å². The number of nitrogens with one attached hydrogen (secondary N) is 1. The zero-order chi connectivity index (χ0) is 22.0. The van der Waals surface area contributed by atoms with E-state index in [9.17, 15) is 23.1 Å². The maximum absolute atomic E-state index is 14.3. The minimum Gasteiger partial charge on any atom is -0.481 e. The van der Waals surface area contributed by atoms with Crippen molar-refractivity contribution in [1.29, 1.82) is 0 Å². The summed E-state index contributed by atoms with van der Waals surface area (Å²) >= 11 is 0. The average molecular weight is 427 g/mol. The Morgan fingerprint density at radius 1 is 1.26 bits per heavy atom. The van der Waals surface area contributed by atoms with Crippen LogP contribution in [0.4, 0.5) is 18.9 Å². The molecule has 0 aliphatic heterocycles. The topological polar surface area (TPSA) is 75.1 Å². The number of carboxylic acids is 1. The second-order valence-corrected chi connectivity index (χ2v) is 7.50. The predicted molar refractivity (Wildman–Crippen MR) is 111 cm³/mol. The van der Waals surface area contributed by atoms with Gasteiger partial charge in [0, 0.05) is 17.5 Å². The number of anilines is 1. The van der Waals surface area contributed by atoms with Gasteiger partial charge in [0.25, 0.3) is 6.43 Å². The summed E-state index contributed by atoms with van der Waals surface area (Å²) in [6, 6.07) is 9.62. The third-order valence-corrected chi connectivity index (χ3v) is 5.58. The van der Waals surface area contributed by atoms with Gasteiger partial charge in [0.2, 0.25) is 0 Å². The van der Waals surface area contributed by atoms with Crippen molar-refractivity contribution < 1.29 is 23.1 Å². The quantitative estimate of drug-likeness (QED) is 0.537. The summed E-state index contributed by atoms with van der Waals surface area (Å²) < 4.78 is 40.2. The van der Waals surface area contributed by atoms with Gasteiger partial charge in [0.05, 0.1) is 28.9 Å². The number of nitrogens with zero attached hydrogens (tertiary/aromatic N) is 2. The molecule has 31 heavy (non-hydrogen) atoms. The third kappa shape index (κ3) is 4.38. The second-order valence-electron chi connectivity index (χ2n) is 7.50. The van der Waals surface area contributed by atoms with Crippen molar-refractivity contribution >= 4 is 28.1 Å². The van der Waals surface area contributed by atoms with Gasteiger partial charge in [-0.15, -0.1) is 0 Å². The number of allylic oxidation sites excluding steroid dienone is 2. The summed E-state index contributed by atoms with van der Waals surface area (Å²) in [6.45, 7) is 0.0143. The van der Waals surface area contributed by atoms with E-state index in [0.717, 1.165) is 22.6 Å². The van der Waals surface area contributed by atoms with Crippen LogP contribution in [0, 0.1) is 11.7 Å². The molecule has 8 heteroatoms. The molecule has 2 N–H and O–H groups in total. The van der Waals surface area contributed by atoms with Crippen molar-refractivity contribution in [2.24, 2.45) is 5.92 Å². The highest BCUT2D eigenvalue weighted by Crippen LogP contribution is 2.33.